The number of piperidine rings is 1. The van der Waals surface area contributed by atoms with Crippen molar-refractivity contribution in [3.8, 4) is 17.1 Å². The molecular weight excluding hydrogens is 311 g/mol. The minimum Gasteiger partial charge on any atom is -0.473 e. The van der Waals surface area contributed by atoms with Crippen LogP contribution in [0.4, 0.5) is 4.39 Å². The number of rotatable bonds is 4. The van der Waals surface area contributed by atoms with Crippen LogP contribution in [0.1, 0.15) is 12.8 Å². The van der Waals surface area contributed by atoms with Crippen molar-refractivity contribution in [1.82, 2.24) is 29.7 Å². The van der Waals surface area contributed by atoms with Crippen LogP contribution in [0.15, 0.2) is 30.9 Å². The van der Waals surface area contributed by atoms with E-state index in [1.807, 2.05) is 19.4 Å². The standard InChI is InChI=1S/C16H19FN6O/c1-22-8-12(6-20-22)14-9-23-13(7-19-14)5-15(21-23)24-11-16(17)3-2-4-18-10-16/h5-9,18H,2-4,10-11H2,1H3. The maximum atomic E-state index is 14.6. The van der Waals surface area contributed by atoms with Crippen LogP contribution in [0.5, 0.6) is 5.88 Å². The molecule has 0 bridgehead atoms. The van der Waals surface area contributed by atoms with Crippen LogP contribution in [-0.2, 0) is 7.05 Å². The molecule has 1 aliphatic heterocycles. The molecule has 0 aromatic carbocycles. The Hall–Kier alpha value is -2.48. The minimum absolute atomic E-state index is 0.00672. The molecule has 1 saturated heterocycles. The first-order chi connectivity index (χ1) is 11.6. The van der Waals surface area contributed by atoms with Gasteiger partial charge in [-0.3, -0.25) is 9.67 Å². The SMILES string of the molecule is Cn1cc(-c2cn3nc(OCC4(F)CCCNC4)cc3cn2)cn1. The molecule has 1 fully saturated rings. The second-order valence-corrected chi connectivity index (χ2v) is 6.25. The van der Waals surface area contributed by atoms with Crippen molar-refractivity contribution >= 4 is 5.52 Å². The molecule has 1 unspecified atom stereocenters. The summed E-state index contributed by atoms with van der Waals surface area (Å²) in [6.07, 6.45) is 8.50. The number of aryl methyl sites for hydroxylation is 1. The molecule has 1 N–H and O–H groups in total. The zero-order chi connectivity index (χ0) is 16.6. The molecule has 3 aromatic rings. The molecule has 3 aromatic heterocycles. The van der Waals surface area contributed by atoms with E-state index in [1.54, 1.807) is 27.7 Å². The van der Waals surface area contributed by atoms with Gasteiger partial charge in [-0.15, -0.1) is 5.10 Å². The van der Waals surface area contributed by atoms with Gasteiger partial charge in [0, 0.05) is 31.4 Å². The Morgan fingerprint density at radius 1 is 1.38 bits per heavy atom. The lowest BCUT2D eigenvalue weighted by Gasteiger charge is -2.29. The van der Waals surface area contributed by atoms with E-state index in [1.165, 1.54) is 0 Å². The van der Waals surface area contributed by atoms with E-state index in [0.29, 0.717) is 18.8 Å². The molecule has 0 radical (unpaired) electrons. The average Bonchev–Trinajstić information content (AvgIpc) is 3.19. The smallest absolute Gasteiger partial charge is 0.233 e. The fourth-order valence-corrected chi connectivity index (χ4v) is 2.90. The molecule has 1 aliphatic rings. The van der Waals surface area contributed by atoms with E-state index >= 15 is 0 Å². The lowest BCUT2D eigenvalue weighted by Crippen LogP contribution is -2.46. The Morgan fingerprint density at radius 3 is 3.04 bits per heavy atom. The summed E-state index contributed by atoms with van der Waals surface area (Å²) < 4.78 is 23.6. The third-order valence-electron chi connectivity index (χ3n) is 4.22. The van der Waals surface area contributed by atoms with Crippen molar-refractivity contribution in [2.75, 3.05) is 19.7 Å². The number of halogens is 1. The fourth-order valence-electron chi connectivity index (χ4n) is 2.90. The van der Waals surface area contributed by atoms with Crippen molar-refractivity contribution < 1.29 is 9.13 Å². The van der Waals surface area contributed by atoms with Gasteiger partial charge in [0.2, 0.25) is 5.88 Å². The second-order valence-electron chi connectivity index (χ2n) is 6.25. The largest absolute Gasteiger partial charge is 0.473 e. The summed E-state index contributed by atoms with van der Waals surface area (Å²) in [6, 6.07) is 1.76. The van der Waals surface area contributed by atoms with Crippen LogP contribution in [0, 0.1) is 0 Å². The van der Waals surface area contributed by atoms with Crippen LogP contribution in [0.2, 0.25) is 0 Å². The number of nitrogens with zero attached hydrogens (tertiary/aromatic N) is 5. The highest BCUT2D eigenvalue weighted by molar-refractivity contribution is 5.59. The van der Waals surface area contributed by atoms with Crippen molar-refractivity contribution in [3.63, 3.8) is 0 Å². The second kappa shape index (κ2) is 5.86. The number of fused-ring (bicyclic) bond motifs is 1. The quantitative estimate of drug-likeness (QED) is 0.787. The summed E-state index contributed by atoms with van der Waals surface area (Å²) in [4.78, 5) is 4.41. The third kappa shape index (κ3) is 2.96. The Labute approximate surface area is 138 Å². The average molecular weight is 330 g/mol. The van der Waals surface area contributed by atoms with Gasteiger partial charge in [-0.2, -0.15) is 5.10 Å². The van der Waals surface area contributed by atoms with Crippen LogP contribution in [0.25, 0.3) is 16.8 Å². The Balaban J connectivity index is 1.52. The first kappa shape index (κ1) is 15.1. The Kier molecular flexibility index (Phi) is 3.68. The number of nitrogens with one attached hydrogen (secondary N) is 1. The van der Waals surface area contributed by atoms with Crippen LogP contribution in [-0.4, -0.2) is 49.7 Å². The number of hydrogen-bond donors (Lipinski definition) is 1. The predicted molar refractivity (Wildman–Crippen MR) is 86.6 cm³/mol. The maximum Gasteiger partial charge on any atom is 0.233 e. The topological polar surface area (TPSA) is 69.3 Å². The molecule has 0 saturated carbocycles. The van der Waals surface area contributed by atoms with E-state index in [-0.39, 0.29) is 6.61 Å². The molecule has 8 heteroatoms. The first-order valence-corrected chi connectivity index (χ1v) is 7.98. The molecule has 7 nitrogen and oxygen atoms in total. The van der Waals surface area contributed by atoms with Crippen molar-refractivity contribution in [1.29, 1.82) is 0 Å². The van der Waals surface area contributed by atoms with Crippen LogP contribution >= 0.6 is 0 Å². The van der Waals surface area contributed by atoms with Gasteiger partial charge in [0.05, 0.1) is 29.8 Å². The molecule has 4 heterocycles. The molecule has 0 aliphatic carbocycles. The van der Waals surface area contributed by atoms with E-state index < -0.39 is 5.67 Å². The Bertz CT molecular complexity index is 851. The molecule has 0 amide bonds. The lowest BCUT2D eigenvalue weighted by atomic mass is 9.97. The summed E-state index contributed by atoms with van der Waals surface area (Å²) in [5.74, 6) is 0.405. The van der Waals surface area contributed by atoms with Gasteiger partial charge in [-0.25, -0.2) is 8.91 Å². The minimum atomic E-state index is -1.33. The first-order valence-electron chi connectivity index (χ1n) is 7.98. The van der Waals surface area contributed by atoms with Gasteiger partial charge >= 0.3 is 0 Å². The van der Waals surface area contributed by atoms with E-state index in [0.717, 1.165) is 29.7 Å². The Morgan fingerprint density at radius 2 is 2.29 bits per heavy atom. The van der Waals surface area contributed by atoms with E-state index in [9.17, 15) is 4.39 Å². The van der Waals surface area contributed by atoms with Gasteiger partial charge in [0.25, 0.3) is 0 Å². The zero-order valence-electron chi connectivity index (χ0n) is 13.4. The number of hydrogen-bond acceptors (Lipinski definition) is 5. The zero-order valence-corrected chi connectivity index (χ0v) is 13.4. The van der Waals surface area contributed by atoms with Gasteiger partial charge in [-0.05, 0) is 19.4 Å². The molecule has 1 atom stereocenters. The fraction of sp³-hybridized carbons (Fsp3) is 0.438. The van der Waals surface area contributed by atoms with Gasteiger partial charge in [0.1, 0.15) is 6.61 Å². The number of aromatic nitrogens is 5. The molecule has 0 spiro atoms. The molecule has 126 valence electrons. The molecular formula is C16H19FN6O. The summed E-state index contributed by atoms with van der Waals surface area (Å²) in [6.45, 7) is 1.20. The predicted octanol–water partition coefficient (Wildman–Crippen LogP) is 1.60. The van der Waals surface area contributed by atoms with E-state index in [2.05, 4.69) is 20.5 Å². The van der Waals surface area contributed by atoms with Crippen LogP contribution < -0.4 is 10.1 Å². The van der Waals surface area contributed by atoms with Crippen molar-refractivity contribution in [2.24, 2.45) is 7.05 Å². The number of ether oxygens (including phenoxy) is 1. The summed E-state index contributed by atoms with van der Waals surface area (Å²) in [5, 5.41) is 11.6. The van der Waals surface area contributed by atoms with Crippen molar-refractivity contribution in [2.45, 2.75) is 18.5 Å². The summed E-state index contributed by atoms with van der Waals surface area (Å²) in [7, 11) is 1.86. The molecule has 24 heavy (non-hydrogen) atoms. The molecule has 4 rings (SSSR count). The summed E-state index contributed by atoms with van der Waals surface area (Å²) in [5.41, 5.74) is 1.15. The van der Waals surface area contributed by atoms with Crippen LogP contribution in [0.3, 0.4) is 0 Å². The van der Waals surface area contributed by atoms with Gasteiger partial charge in [0.15, 0.2) is 5.67 Å². The maximum absolute atomic E-state index is 14.6. The van der Waals surface area contributed by atoms with E-state index in [4.69, 9.17) is 4.74 Å². The van der Waals surface area contributed by atoms with Gasteiger partial charge < -0.3 is 10.1 Å². The third-order valence-corrected chi connectivity index (χ3v) is 4.22. The highest BCUT2D eigenvalue weighted by Gasteiger charge is 2.32. The van der Waals surface area contributed by atoms with Gasteiger partial charge in [-0.1, -0.05) is 0 Å². The normalized spacial score (nSPS) is 21.2. The number of alkyl halides is 1. The highest BCUT2D eigenvalue weighted by atomic mass is 19.1. The highest BCUT2D eigenvalue weighted by Crippen LogP contribution is 2.23. The lowest BCUT2D eigenvalue weighted by molar-refractivity contribution is 0.0572. The summed E-state index contributed by atoms with van der Waals surface area (Å²) >= 11 is 0. The monoisotopic (exact) mass is 330 g/mol. The van der Waals surface area contributed by atoms with Crippen molar-refractivity contribution in [3.05, 3.63) is 30.9 Å².